The highest BCUT2D eigenvalue weighted by Crippen LogP contribution is 2.30. The Morgan fingerprint density at radius 1 is 1.54 bits per heavy atom. The molecule has 0 bridgehead atoms. The van der Waals surface area contributed by atoms with Gasteiger partial charge < -0.3 is 9.84 Å². The van der Waals surface area contributed by atoms with E-state index in [1.807, 2.05) is 13.0 Å². The highest BCUT2D eigenvalue weighted by atomic mass is 16.6. The van der Waals surface area contributed by atoms with Crippen molar-refractivity contribution in [2.45, 2.75) is 45.8 Å². The Hall–Kier alpha value is -0.340. The Labute approximate surface area is 80.6 Å². The molecule has 0 aliphatic heterocycles. The molecule has 1 rings (SSSR count). The summed E-state index contributed by atoms with van der Waals surface area (Å²) in [6, 6.07) is 0. The molecule has 0 aromatic carbocycles. The molecule has 1 fully saturated rings. The Balaban J connectivity index is 2.39. The van der Waals surface area contributed by atoms with Crippen molar-refractivity contribution in [1.29, 1.82) is 0 Å². The van der Waals surface area contributed by atoms with Crippen molar-refractivity contribution in [3.8, 4) is 0 Å². The second-order valence-electron chi connectivity index (χ2n) is 3.74. The number of allylic oxidation sites excluding steroid dienone is 1. The minimum Gasteiger partial charge on any atom is -0.365 e. The maximum Gasteiger partial charge on any atom is 0.174 e. The average Bonchev–Trinajstić information content (AvgIpc) is 2.55. The van der Waals surface area contributed by atoms with Crippen LogP contribution >= 0.6 is 0 Å². The summed E-state index contributed by atoms with van der Waals surface area (Å²) in [6.07, 6.45) is 6.37. The molecule has 1 N–H and O–H groups in total. The predicted molar refractivity (Wildman–Crippen MR) is 53.3 cm³/mol. The van der Waals surface area contributed by atoms with Gasteiger partial charge >= 0.3 is 0 Å². The number of ether oxygens (including phenoxy) is 1. The lowest BCUT2D eigenvalue weighted by atomic mass is 9.99. The molecular formula is C11H20O2. The van der Waals surface area contributed by atoms with E-state index in [4.69, 9.17) is 4.74 Å². The number of aliphatic hydroxyl groups excluding tert-OH is 1. The topological polar surface area (TPSA) is 29.5 Å². The largest absolute Gasteiger partial charge is 0.365 e. The molecule has 76 valence electrons. The molecule has 1 unspecified atom stereocenters. The molecule has 2 nitrogen and oxygen atoms in total. The van der Waals surface area contributed by atoms with Crippen molar-refractivity contribution >= 4 is 0 Å². The lowest BCUT2D eigenvalue weighted by Crippen LogP contribution is -2.10. The van der Waals surface area contributed by atoms with Crippen LogP contribution in [0.4, 0.5) is 0 Å². The van der Waals surface area contributed by atoms with Gasteiger partial charge in [0.05, 0.1) is 0 Å². The highest BCUT2D eigenvalue weighted by Gasteiger charge is 2.16. The molecule has 1 aliphatic rings. The zero-order chi connectivity index (χ0) is 9.68. The van der Waals surface area contributed by atoms with Gasteiger partial charge in [-0.1, -0.05) is 18.4 Å². The van der Waals surface area contributed by atoms with Crippen LogP contribution in [0.5, 0.6) is 0 Å². The average molecular weight is 184 g/mol. The Morgan fingerprint density at radius 3 is 2.69 bits per heavy atom. The van der Waals surface area contributed by atoms with E-state index >= 15 is 0 Å². The SMILES string of the molecule is CCOC(O)/C=C(\C)C1CCCC1. The fraction of sp³-hybridized carbons (Fsp3) is 0.818. The van der Waals surface area contributed by atoms with Crippen LogP contribution in [0.25, 0.3) is 0 Å². The van der Waals surface area contributed by atoms with E-state index in [-0.39, 0.29) is 0 Å². The van der Waals surface area contributed by atoms with Crippen LogP contribution in [0, 0.1) is 5.92 Å². The van der Waals surface area contributed by atoms with Gasteiger partial charge in [0.2, 0.25) is 0 Å². The first-order chi connectivity index (χ1) is 6.24. The van der Waals surface area contributed by atoms with E-state index in [9.17, 15) is 5.11 Å². The number of hydrogen-bond donors (Lipinski definition) is 1. The van der Waals surface area contributed by atoms with Crippen molar-refractivity contribution in [3.05, 3.63) is 11.6 Å². The molecule has 0 heterocycles. The lowest BCUT2D eigenvalue weighted by molar-refractivity contribution is -0.0594. The molecule has 0 spiro atoms. The van der Waals surface area contributed by atoms with E-state index in [2.05, 4.69) is 6.92 Å². The lowest BCUT2D eigenvalue weighted by Gasteiger charge is -2.12. The van der Waals surface area contributed by atoms with Gasteiger partial charge in [-0.2, -0.15) is 0 Å². The van der Waals surface area contributed by atoms with Crippen LogP contribution in [0.1, 0.15) is 39.5 Å². The van der Waals surface area contributed by atoms with Crippen LogP contribution in [0.15, 0.2) is 11.6 Å². The van der Waals surface area contributed by atoms with Gasteiger partial charge in [0.1, 0.15) is 0 Å². The second kappa shape index (κ2) is 5.40. The Bertz CT molecular complexity index is 169. The molecule has 0 amide bonds. The molecule has 0 saturated heterocycles. The third-order valence-corrected chi connectivity index (χ3v) is 2.74. The van der Waals surface area contributed by atoms with Gasteiger partial charge in [-0.25, -0.2) is 0 Å². The minimum absolute atomic E-state index is 0.565. The molecule has 2 heteroatoms. The molecular weight excluding hydrogens is 164 g/mol. The summed E-state index contributed by atoms with van der Waals surface area (Å²) < 4.78 is 5.05. The maximum absolute atomic E-state index is 9.38. The fourth-order valence-electron chi connectivity index (χ4n) is 1.96. The van der Waals surface area contributed by atoms with Gasteiger partial charge in [0.15, 0.2) is 6.29 Å². The van der Waals surface area contributed by atoms with Crippen LogP contribution in [-0.2, 0) is 4.74 Å². The van der Waals surface area contributed by atoms with Crippen molar-refractivity contribution in [2.75, 3.05) is 6.61 Å². The first-order valence-corrected chi connectivity index (χ1v) is 5.22. The molecule has 1 saturated carbocycles. The van der Waals surface area contributed by atoms with Crippen molar-refractivity contribution < 1.29 is 9.84 Å². The number of aliphatic hydroxyl groups is 1. The summed E-state index contributed by atoms with van der Waals surface area (Å²) in [5, 5.41) is 9.38. The van der Waals surface area contributed by atoms with Crippen LogP contribution < -0.4 is 0 Å². The van der Waals surface area contributed by atoms with Crippen molar-refractivity contribution in [3.63, 3.8) is 0 Å². The third-order valence-electron chi connectivity index (χ3n) is 2.74. The fourth-order valence-corrected chi connectivity index (χ4v) is 1.96. The zero-order valence-electron chi connectivity index (χ0n) is 8.62. The predicted octanol–water partition coefficient (Wildman–Crippen LogP) is 2.48. The second-order valence-corrected chi connectivity index (χ2v) is 3.74. The van der Waals surface area contributed by atoms with Crippen LogP contribution in [-0.4, -0.2) is 18.0 Å². The summed E-state index contributed by atoms with van der Waals surface area (Å²) in [6.45, 7) is 4.55. The molecule has 1 atom stereocenters. The van der Waals surface area contributed by atoms with Gasteiger partial charge in [0, 0.05) is 6.61 Å². The van der Waals surface area contributed by atoms with Gasteiger partial charge in [-0.05, 0) is 38.7 Å². The number of rotatable bonds is 4. The third kappa shape index (κ3) is 3.49. The van der Waals surface area contributed by atoms with Crippen molar-refractivity contribution in [2.24, 2.45) is 5.92 Å². The van der Waals surface area contributed by atoms with E-state index in [0.29, 0.717) is 12.5 Å². The summed E-state index contributed by atoms with van der Waals surface area (Å²) in [7, 11) is 0. The highest BCUT2D eigenvalue weighted by molar-refractivity contribution is 5.06. The minimum atomic E-state index is -0.703. The summed E-state index contributed by atoms with van der Waals surface area (Å²) in [5.74, 6) is 0.690. The Morgan fingerprint density at radius 2 is 2.15 bits per heavy atom. The first-order valence-electron chi connectivity index (χ1n) is 5.22. The molecule has 0 aromatic heterocycles. The normalized spacial score (nSPS) is 22.2. The molecule has 0 radical (unpaired) electrons. The van der Waals surface area contributed by atoms with Crippen LogP contribution in [0.3, 0.4) is 0 Å². The molecule has 13 heavy (non-hydrogen) atoms. The van der Waals surface area contributed by atoms with E-state index in [1.165, 1.54) is 31.3 Å². The zero-order valence-corrected chi connectivity index (χ0v) is 8.62. The number of hydrogen-bond acceptors (Lipinski definition) is 2. The van der Waals surface area contributed by atoms with Gasteiger partial charge in [-0.15, -0.1) is 0 Å². The Kier molecular flexibility index (Phi) is 4.46. The first kappa shape index (κ1) is 10.7. The quantitative estimate of drug-likeness (QED) is 0.537. The van der Waals surface area contributed by atoms with E-state index in [0.717, 1.165) is 0 Å². The smallest absolute Gasteiger partial charge is 0.174 e. The molecule has 1 aliphatic carbocycles. The van der Waals surface area contributed by atoms with E-state index in [1.54, 1.807) is 0 Å². The summed E-state index contributed by atoms with van der Waals surface area (Å²) in [4.78, 5) is 0. The summed E-state index contributed by atoms with van der Waals surface area (Å²) in [5.41, 5.74) is 1.29. The van der Waals surface area contributed by atoms with Gasteiger partial charge in [-0.3, -0.25) is 0 Å². The van der Waals surface area contributed by atoms with Crippen LogP contribution in [0.2, 0.25) is 0 Å². The standard InChI is InChI=1S/C11H20O2/c1-3-13-11(12)8-9(2)10-6-4-5-7-10/h8,10-12H,3-7H2,1-2H3/b9-8+. The van der Waals surface area contributed by atoms with E-state index < -0.39 is 6.29 Å². The monoisotopic (exact) mass is 184 g/mol. The van der Waals surface area contributed by atoms with Crippen molar-refractivity contribution in [1.82, 2.24) is 0 Å². The van der Waals surface area contributed by atoms with Gasteiger partial charge in [0.25, 0.3) is 0 Å². The molecule has 0 aromatic rings. The summed E-state index contributed by atoms with van der Waals surface area (Å²) >= 11 is 0. The maximum atomic E-state index is 9.38.